The fourth-order valence-electron chi connectivity index (χ4n) is 2.04. The summed E-state index contributed by atoms with van der Waals surface area (Å²) in [5, 5.41) is 0. The van der Waals surface area contributed by atoms with Crippen LogP contribution in [0.15, 0.2) is 41.3 Å². The van der Waals surface area contributed by atoms with E-state index in [0.717, 1.165) is 10.5 Å². The Morgan fingerprint density at radius 1 is 1.14 bits per heavy atom. The van der Waals surface area contributed by atoms with Crippen LogP contribution in [0.2, 0.25) is 0 Å². The van der Waals surface area contributed by atoms with Crippen LogP contribution in [0.5, 0.6) is 0 Å². The van der Waals surface area contributed by atoms with Gasteiger partial charge in [0.25, 0.3) is 0 Å². The van der Waals surface area contributed by atoms with E-state index < -0.39 is 17.7 Å². The Hall–Kier alpha value is -1.43. The summed E-state index contributed by atoms with van der Waals surface area (Å²) in [6.07, 6.45) is 0. The van der Waals surface area contributed by atoms with E-state index in [0.29, 0.717) is 11.3 Å². The fourth-order valence-corrected chi connectivity index (χ4v) is 3.12. The molecule has 112 valence electrons. The van der Waals surface area contributed by atoms with Crippen molar-refractivity contribution in [1.82, 2.24) is 5.43 Å². The zero-order valence-corrected chi connectivity index (χ0v) is 12.8. The summed E-state index contributed by atoms with van der Waals surface area (Å²) in [5.41, 5.74) is 4.26. The van der Waals surface area contributed by atoms with Gasteiger partial charge >= 0.3 is 0 Å². The molecule has 0 aromatic heterocycles. The number of rotatable bonds is 5. The van der Waals surface area contributed by atoms with Crippen LogP contribution in [0.4, 0.5) is 8.78 Å². The topological polar surface area (TPSA) is 38.0 Å². The maximum Gasteiger partial charge on any atom is 0.163 e. The van der Waals surface area contributed by atoms with Gasteiger partial charge in [-0.2, -0.15) is 0 Å². The Kier molecular flexibility index (Phi) is 5.33. The zero-order valence-electron chi connectivity index (χ0n) is 12.0. The van der Waals surface area contributed by atoms with E-state index >= 15 is 0 Å². The van der Waals surface area contributed by atoms with Gasteiger partial charge in [0.05, 0.1) is 6.04 Å². The first kappa shape index (κ1) is 15.9. The number of hydrogen-bond acceptors (Lipinski definition) is 3. The Balaban J connectivity index is 2.15. The summed E-state index contributed by atoms with van der Waals surface area (Å²) in [6, 6.07) is 10.7. The second-order valence-corrected chi connectivity index (χ2v) is 6.04. The summed E-state index contributed by atoms with van der Waals surface area (Å²) < 4.78 is 27.7. The number of aryl methyl sites for hydroxylation is 2. The third-order valence-corrected chi connectivity index (χ3v) is 4.38. The maximum absolute atomic E-state index is 14.0. The predicted molar refractivity (Wildman–Crippen MR) is 83.1 cm³/mol. The molecule has 0 amide bonds. The minimum atomic E-state index is -0.831. The van der Waals surface area contributed by atoms with E-state index in [2.05, 4.69) is 5.43 Å². The van der Waals surface area contributed by atoms with Crippen LogP contribution in [0.3, 0.4) is 0 Å². The molecule has 21 heavy (non-hydrogen) atoms. The molecular weight excluding hydrogens is 290 g/mol. The van der Waals surface area contributed by atoms with Crippen LogP contribution in [0.1, 0.15) is 22.7 Å². The number of benzene rings is 2. The van der Waals surface area contributed by atoms with Crippen LogP contribution in [0, 0.1) is 25.5 Å². The van der Waals surface area contributed by atoms with E-state index in [1.54, 1.807) is 23.9 Å². The Morgan fingerprint density at radius 3 is 2.57 bits per heavy atom. The maximum atomic E-state index is 14.0. The Bertz CT molecular complexity index is 632. The predicted octanol–water partition coefficient (Wildman–Crippen LogP) is 3.88. The molecule has 0 bridgehead atoms. The number of nitrogens with one attached hydrogen (secondary N) is 1. The lowest BCUT2D eigenvalue weighted by Crippen LogP contribution is -2.30. The quantitative estimate of drug-likeness (QED) is 0.500. The van der Waals surface area contributed by atoms with Crippen molar-refractivity contribution in [2.45, 2.75) is 24.8 Å². The molecular formula is C16H18F2N2S. The molecule has 5 heteroatoms. The van der Waals surface area contributed by atoms with E-state index in [1.807, 2.05) is 31.2 Å². The van der Waals surface area contributed by atoms with E-state index in [1.165, 1.54) is 6.92 Å². The molecule has 0 aliphatic rings. The summed E-state index contributed by atoms with van der Waals surface area (Å²) in [5.74, 6) is 4.37. The summed E-state index contributed by atoms with van der Waals surface area (Å²) in [7, 11) is 0. The third-order valence-electron chi connectivity index (χ3n) is 3.29. The largest absolute Gasteiger partial charge is 0.271 e. The minimum absolute atomic E-state index is 0.251. The monoisotopic (exact) mass is 308 g/mol. The van der Waals surface area contributed by atoms with Crippen molar-refractivity contribution in [3.8, 4) is 0 Å². The SMILES string of the molecule is Cc1cccc(SCC(NN)c2ccc(C)c(F)c2F)c1. The summed E-state index contributed by atoms with van der Waals surface area (Å²) in [6.45, 7) is 3.55. The molecule has 0 aliphatic carbocycles. The Labute approximate surface area is 127 Å². The second kappa shape index (κ2) is 7.02. The first-order valence-electron chi connectivity index (χ1n) is 6.63. The normalized spacial score (nSPS) is 12.4. The van der Waals surface area contributed by atoms with Crippen molar-refractivity contribution < 1.29 is 8.78 Å². The average molecular weight is 308 g/mol. The highest BCUT2D eigenvalue weighted by molar-refractivity contribution is 7.99. The average Bonchev–Trinajstić information content (AvgIpc) is 2.47. The molecule has 0 saturated heterocycles. The second-order valence-electron chi connectivity index (χ2n) is 4.95. The molecule has 0 radical (unpaired) electrons. The van der Waals surface area contributed by atoms with E-state index in [4.69, 9.17) is 5.84 Å². The summed E-state index contributed by atoms with van der Waals surface area (Å²) in [4.78, 5) is 1.07. The highest BCUT2D eigenvalue weighted by Gasteiger charge is 2.19. The van der Waals surface area contributed by atoms with Gasteiger partial charge in [-0.3, -0.25) is 11.3 Å². The molecule has 2 nitrogen and oxygen atoms in total. The van der Waals surface area contributed by atoms with Gasteiger partial charge in [0.1, 0.15) is 0 Å². The van der Waals surface area contributed by atoms with Crippen molar-refractivity contribution in [3.63, 3.8) is 0 Å². The van der Waals surface area contributed by atoms with Crippen LogP contribution >= 0.6 is 11.8 Å². The standard InChI is InChI=1S/C16H18F2N2S/c1-10-4-3-5-12(8-10)21-9-14(20-19)13-7-6-11(2)15(17)16(13)18/h3-8,14,20H,9,19H2,1-2H3. The first-order valence-corrected chi connectivity index (χ1v) is 7.61. The van der Waals surface area contributed by atoms with Crippen molar-refractivity contribution in [1.29, 1.82) is 0 Å². The van der Waals surface area contributed by atoms with Crippen LogP contribution < -0.4 is 11.3 Å². The highest BCUT2D eigenvalue weighted by Crippen LogP contribution is 2.27. The van der Waals surface area contributed by atoms with Crippen molar-refractivity contribution in [2.75, 3.05) is 5.75 Å². The fraction of sp³-hybridized carbons (Fsp3) is 0.250. The van der Waals surface area contributed by atoms with E-state index in [-0.39, 0.29) is 5.56 Å². The lowest BCUT2D eigenvalue weighted by atomic mass is 10.1. The number of nitrogens with two attached hydrogens (primary N) is 1. The molecule has 0 spiro atoms. The van der Waals surface area contributed by atoms with Gasteiger partial charge in [-0.25, -0.2) is 8.78 Å². The van der Waals surface area contributed by atoms with Crippen molar-refractivity contribution in [3.05, 3.63) is 64.7 Å². The van der Waals surface area contributed by atoms with Gasteiger partial charge in [-0.1, -0.05) is 29.8 Å². The minimum Gasteiger partial charge on any atom is -0.271 e. The molecule has 0 aliphatic heterocycles. The molecule has 0 saturated carbocycles. The van der Waals surface area contributed by atoms with Crippen LogP contribution in [-0.2, 0) is 0 Å². The molecule has 2 rings (SSSR count). The van der Waals surface area contributed by atoms with E-state index in [9.17, 15) is 8.78 Å². The van der Waals surface area contributed by atoms with Gasteiger partial charge in [0.2, 0.25) is 0 Å². The molecule has 1 atom stereocenters. The van der Waals surface area contributed by atoms with Gasteiger partial charge < -0.3 is 0 Å². The summed E-state index contributed by atoms with van der Waals surface area (Å²) >= 11 is 1.55. The third kappa shape index (κ3) is 3.81. The zero-order chi connectivity index (χ0) is 15.4. The number of halogens is 2. The molecule has 0 heterocycles. The smallest absolute Gasteiger partial charge is 0.163 e. The first-order chi connectivity index (χ1) is 10.0. The number of hydrazine groups is 1. The lowest BCUT2D eigenvalue weighted by Gasteiger charge is -2.17. The molecule has 0 fully saturated rings. The molecule has 3 N–H and O–H groups in total. The lowest BCUT2D eigenvalue weighted by molar-refractivity contribution is 0.474. The van der Waals surface area contributed by atoms with Gasteiger partial charge in [0, 0.05) is 16.2 Å². The van der Waals surface area contributed by atoms with Crippen LogP contribution in [-0.4, -0.2) is 5.75 Å². The number of hydrogen-bond donors (Lipinski definition) is 2. The highest BCUT2D eigenvalue weighted by atomic mass is 32.2. The molecule has 2 aromatic rings. The number of thioether (sulfide) groups is 1. The van der Waals surface area contributed by atoms with Gasteiger partial charge in [-0.15, -0.1) is 11.8 Å². The van der Waals surface area contributed by atoms with Crippen molar-refractivity contribution >= 4 is 11.8 Å². The van der Waals surface area contributed by atoms with Gasteiger partial charge in [0.15, 0.2) is 11.6 Å². The molecule has 2 aromatic carbocycles. The van der Waals surface area contributed by atoms with Crippen LogP contribution in [0.25, 0.3) is 0 Å². The van der Waals surface area contributed by atoms with Crippen molar-refractivity contribution in [2.24, 2.45) is 5.84 Å². The van der Waals surface area contributed by atoms with Gasteiger partial charge in [-0.05, 0) is 31.5 Å². The Morgan fingerprint density at radius 2 is 1.90 bits per heavy atom. The molecule has 1 unspecified atom stereocenters.